The van der Waals surface area contributed by atoms with Crippen molar-refractivity contribution in [3.8, 4) is 11.1 Å². The van der Waals surface area contributed by atoms with Gasteiger partial charge in [0.1, 0.15) is 0 Å². The second-order valence-electron chi connectivity index (χ2n) is 6.44. The summed E-state index contributed by atoms with van der Waals surface area (Å²) in [7, 11) is 1.87. The van der Waals surface area contributed by atoms with Crippen LogP contribution in [0.3, 0.4) is 0 Å². The molecule has 4 rings (SSSR count). The molecule has 0 N–H and O–H groups in total. The minimum absolute atomic E-state index is 0.0305. The zero-order valence-electron chi connectivity index (χ0n) is 14.6. The van der Waals surface area contributed by atoms with E-state index in [0.717, 1.165) is 28.3 Å². The van der Waals surface area contributed by atoms with Gasteiger partial charge in [0.15, 0.2) is 5.43 Å². The van der Waals surface area contributed by atoms with Gasteiger partial charge in [-0.15, -0.1) is 0 Å². The van der Waals surface area contributed by atoms with Crippen LogP contribution in [0.2, 0.25) is 0 Å². The van der Waals surface area contributed by atoms with Crippen LogP contribution in [0.4, 0.5) is 0 Å². The summed E-state index contributed by atoms with van der Waals surface area (Å²) in [5.41, 5.74) is 5.03. The average molecular weight is 329 g/mol. The van der Waals surface area contributed by atoms with Gasteiger partial charge in [0.05, 0.1) is 11.7 Å². The van der Waals surface area contributed by atoms with E-state index >= 15 is 0 Å². The maximum atomic E-state index is 13.2. The number of rotatable bonds is 2. The van der Waals surface area contributed by atoms with E-state index < -0.39 is 0 Å². The summed E-state index contributed by atoms with van der Waals surface area (Å²) in [5.74, 6) is 0. The number of nitrogens with zero attached hydrogens (tertiary/aromatic N) is 3. The summed E-state index contributed by atoms with van der Waals surface area (Å²) in [6.45, 7) is 4.20. The Kier molecular flexibility index (Phi) is 3.61. The first-order chi connectivity index (χ1) is 12.1. The first-order valence-corrected chi connectivity index (χ1v) is 8.42. The zero-order chi connectivity index (χ0) is 17.6. The Morgan fingerprint density at radius 3 is 2.60 bits per heavy atom. The largest absolute Gasteiger partial charge is 0.289 e. The normalized spacial score (nSPS) is 11.3. The lowest BCUT2D eigenvalue weighted by atomic mass is 10.0. The summed E-state index contributed by atoms with van der Waals surface area (Å²) < 4.78 is 1.74. The van der Waals surface area contributed by atoms with Crippen LogP contribution >= 0.6 is 0 Å². The van der Waals surface area contributed by atoms with Gasteiger partial charge in [-0.05, 0) is 48.1 Å². The molecule has 0 atom stereocenters. The topological polar surface area (TPSA) is 47.8 Å². The van der Waals surface area contributed by atoms with Gasteiger partial charge in [-0.25, -0.2) is 0 Å². The number of hydrogen-bond donors (Lipinski definition) is 0. The van der Waals surface area contributed by atoms with E-state index in [2.05, 4.69) is 30.0 Å². The predicted molar refractivity (Wildman–Crippen MR) is 102 cm³/mol. The highest BCUT2D eigenvalue weighted by atomic mass is 16.1. The molecule has 0 unspecified atom stereocenters. The standard InChI is InChI=1S/C21H19N3O/c1-4-14-8-18-15(7-13(14)2)5-6-20-19(21(18)25)9-16(10-22-20)17-11-23-24(3)12-17/h5-12H,4H2,1-3H3. The Hall–Kier alpha value is -3.01. The maximum Gasteiger partial charge on any atom is 0.195 e. The van der Waals surface area contributed by atoms with Crippen molar-refractivity contribution in [2.45, 2.75) is 20.3 Å². The smallest absolute Gasteiger partial charge is 0.195 e. The molecule has 4 nitrogen and oxygen atoms in total. The molecule has 0 spiro atoms. The van der Waals surface area contributed by atoms with Crippen molar-refractivity contribution in [1.82, 2.24) is 14.8 Å². The first-order valence-electron chi connectivity index (χ1n) is 8.42. The molecular weight excluding hydrogens is 310 g/mol. The molecule has 0 saturated heterocycles. The molecule has 0 radical (unpaired) electrons. The van der Waals surface area contributed by atoms with Gasteiger partial charge in [-0.2, -0.15) is 5.10 Å². The lowest BCUT2D eigenvalue weighted by molar-refractivity contribution is 0.768. The first kappa shape index (κ1) is 15.5. The summed E-state index contributed by atoms with van der Waals surface area (Å²) in [6.07, 6.45) is 6.42. The molecule has 4 heteroatoms. The van der Waals surface area contributed by atoms with Crippen molar-refractivity contribution in [2.24, 2.45) is 7.05 Å². The monoisotopic (exact) mass is 329 g/mol. The van der Waals surface area contributed by atoms with Gasteiger partial charge in [0, 0.05) is 41.3 Å². The van der Waals surface area contributed by atoms with Gasteiger partial charge in [0.2, 0.25) is 0 Å². The number of aryl methyl sites for hydroxylation is 3. The van der Waals surface area contributed by atoms with Crippen molar-refractivity contribution in [1.29, 1.82) is 0 Å². The molecular formula is C21H19N3O. The molecule has 0 amide bonds. The fourth-order valence-electron chi connectivity index (χ4n) is 3.32. The van der Waals surface area contributed by atoms with E-state index in [0.29, 0.717) is 10.9 Å². The Balaban J connectivity index is 2.07. The molecule has 25 heavy (non-hydrogen) atoms. The Bertz CT molecular complexity index is 1180. The second kappa shape index (κ2) is 5.81. The molecule has 2 aromatic carbocycles. The Labute approximate surface area is 145 Å². The lowest BCUT2D eigenvalue weighted by Crippen LogP contribution is -2.01. The van der Waals surface area contributed by atoms with Crippen LogP contribution in [0.25, 0.3) is 32.8 Å². The summed E-state index contributed by atoms with van der Waals surface area (Å²) in [5, 5.41) is 6.55. The third-order valence-corrected chi connectivity index (χ3v) is 4.76. The minimum atomic E-state index is 0.0305. The Morgan fingerprint density at radius 1 is 1.04 bits per heavy atom. The van der Waals surface area contributed by atoms with Gasteiger partial charge < -0.3 is 0 Å². The highest BCUT2D eigenvalue weighted by molar-refractivity contribution is 5.93. The Morgan fingerprint density at radius 2 is 1.88 bits per heavy atom. The third kappa shape index (κ3) is 2.60. The van der Waals surface area contributed by atoms with Crippen molar-refractivity contribution < 1.29 is 0 Å². The van der Waals surface area contributed by atoms with E-state index in [1.807, 2.05) is 37.5 Å². The number of aromatic nitrogens is 3. The molecule has 4 aromatic rings. The maximum absolute atomic E-state index is 13.2. The van der Waals surface area contributed by atoms with Gasteiger partial charge in [0.25, 0.3) is 0 Å². The highest BCUT2D eigenvalue weighted by Gasteiger charge is 2.09. The van der Waals surface area contributed by atoms with E-state index in [1.165, 1.54) is 11.1 Å². The van der Waals surface area contributed by atoms with Gasteiger partial charge in [-0.3, -0.25) is 14.5 Å². The number of fused-ring (bicyclic) bond motifs is 2. The molecule has 0 bridgehead atoms. The van der Waals surface area contributed by atoms with E-state index in [-0.39, 0.29) is 5.43 Å². The zero-order valence-corrected chi connectivity index (χ0v) is 14.6. The van der Waals surface area contributed by atoms with Gasteiger partial charge in [-0.1, -0.05) is 19.1 Å². The van der Waals surface area contributed by atoms with Crippen LogP contribution in [0.5, 0.6) is 0 Å². The number of hydrogen-bond acceptors (Lipinski definition) is 3. The fraction of sp³-hybridized carbons (Fsp3) is 0.190. The predicted octanol–water partition coefficient (Wildman–Crippen LogP) is 4.02. The summed E-state index contributed by atoms with van der Waals surface area (Å²) >= 11 is 0. The number of pyridine rings is 1. The highest BCUT2D eigenvalue weighted by Crippen LogP contribution is 2.23. The average Bonchev–Trinajstić information content (AvgIpc) is 3.00. The van der Waals surface area contributed by atoms with Crippen molar-refractivity contribution in [3.63, 3.8) is 0 Å². The third-order valence-electron chi connectivity index (χ3n) is 4.76. The van der Waals surface area contributed by atoms with Crippen molar-refractivity contribution in [2.75, 3.05) is 0 Å². The van der Waals surface area contributed by atoms with E-state index in [4.69, 9.17) is 0 Å². The minimum Gasteiger partial charge on any atom is -0.289 e. The molecule has 0 aliphatic heterocycles. The van der Waals surface area contributed by atoms with Gasteiger partial charge >= 0.3 is 0 Å². The molecule has 124 valence electrons. The summed E-state index contributed by atoms with van der Waals surface area (Å²) in [6, 6.07) is 9.96. The molecule has 2 heterocycles. The molecule has 0 fully saturated rings. The van der Waals surface area contributed by atoms with Crippen LogP contribution in [0, 0.1) is 6.92 Å². The molecule has 0 saturated carbocycles. The second-order valence-corrected chi connectivity index (χ2v) is 6.44. The number of benzene rings is 1. The molecule has 0 aliphatic carbocycles. The fourth-order valence-corrected chi connectivity index (χ4v) is 3.32. The van der Waals surface area contributed by atoms with Crippen LogP contribution in [-0.4, -0.2) is 14.8 Å². The summed E-state index contributed by atoms with van der Waals surface area (Å²) in [4.78, 5) is 17.7. The lowest BCUT2D eigenvalue weighted by Gasteiger charge is -2.03. The van der Waals surface area contributed by atoms with Crippen LogP contribution in [0.15, 0.2) is 53.7 Å². The van der Waals surface area contributed by atoms with E-state index in [9.17, 15) is 4.79 Å². The quantitative estimate of drug-likeness (QED) is 0.558. The van der Waals surface area contributed by atoms with E-state index in [1.54, 1.807) is 17.1 Å². The molecule has 2 aromatic heterocycles. The van der Waals surface area contributed by atoms with Crippen molar-refractivity contribution >= 4 is 21.7 Å². The SMILES string of the molecule is CCc1cc2c(=O)c3cc(-c4cnn(C)c4)cnc3ccc2cc1C. The van der Waals surface area contributed by atoms with Crippen LogP contribution in [-0.2, 0) is 13.5 Å². The van der Waals surface area contributed by atoms with Crippen molar-refractivity contribution in [3.05, 3.63) is 70.3 Å². The van der Waals surface area contributed by atoms with Crippen LogP contribution < -0.4 is 5.43 Å². The van der Waals surface area contributed by atoms with Crippen LogP contribution in [0.1, 0.15) is 18.1 Å². The molecule has 0 aliphatic rings.